The molecule has 1 fully saturated rings. The van der Waals surface area contributed by atoms with Gasteiger partial charge in [-0.05, 0) is 31.9 Å². The number of pyridine rings is 1. The summed E-state index contributed by atoms with van der Waals surface area (Å²) < 4.78 is 29.4. The number of nitrogens with one attached hydrogen (secondary N) is 2. The van der Waals surface area contributed by atoms with Crippen LogP contribution in [0.4, 0.5) is 5.69 Å². The average Bonchev–Trinajstić information content (AvgIpc) is 3.42. The quantitative estimate of drug-likeness (QED) is 0.348. The monoisotopic (exact) mass is 514 g/mol. The van der Waals surface area contributed by atoms with Crippen molar-refractivity contribution in [1.82, 2.24) is 19.9 Å². The molecule has 2 unspecified atom stereocenters. The minimum atomic E-state index is -1.68. The van der Waals surface area contributed by atoms with E-state index in [9.17, 15) is 14.1 Å². The summed E-state index contributed by atoms with van der Waals surface area (Å²) >= 11 is -1.68. The molecule has 0 bridgehead atoms. The second kappa shape index (κ2) is 10.6. The van der Waals surface area contributed by atoms with Gasteiger partial charge in [0.05, 0.1) is 36.4 Å². The molecule has 4 rings (SSSR count). The van der Waals surface area contributed by atoms with Crippen molar-refractivity contribution in [1.29, 1.82) is 0 Å². The average molecular weight is 515 g/mol. The molecular weight excluding hydrogens is 484 g/mol. The number of amides is 2. The molecule has 3 heterocycles. The van der Waals surface area contributed by atoms with Crippen LogP contribution in [0, 0.1) is 5.92 Å². The van der Waals surface area contributed by atoms with Crippen molar-refractivity contribution < 1.29 is 23.6 Å². The molecular formula is C24H30N6O5S. The number of aryl methyl sites for hydroxylation is 1. The molecule has 12 heteroatoms. The summed E-state index contributed by atoms with van der Waals surface area (Å²) in [6.07, 6.45) is 5.77. The number of hydrogen-bond acceptors (Lipinski definition) is 8. The molecule has 2 amide bonds. The fraction of sp³-hybridized carbons (Fsp3) is 0.417. The normalized spacial score (nSPS) is 18.3. The van der Waals surface area contributed by atoms with Crippen LogP contribution in [0.2, 0.25) is 0 Å². The number of rotatable bonds is 10. The fourth-order valence-electron chi connectivity index (χ4n) is 4.16. The van der Waals surface area contributed by atoms with Crippen LogP contribution in [0.5, 0.6) is 11.6 Å². The van der Waals surface area contributed by atoms with Gasteiger partial charge in [-0.25, -0.2) is 4.98 Å². The van der Waals surface area contributed by atoms with Crippen molar-refractivity contribution in [3.8, 4) is 11.6 Å². The van der Waals surface area contributed by atoms with Gasteiger partial charge < -0.3 is 29.6 Å². The van der Waals surface area contributed by atoms with Crippen LogP contribution >= 0.6 is 0 Å². The van der Waals surface area contributed by atoms with Crippen molar-refractivity contribution in [2.45, 2.75) is 50.8 Å². The van der Waals surface area contributed by atoms with Crippen LogP contribution in [-0.2, 0) is 23.2 Å². The van der Waals surface area contributed by atoms with Crippen LogP contribution in [0.3, 0.4) is 0 Å². The SMILES string of the molecule is CC[C@@H]1CC(=O)NC1COc1ncc(N[S+]([O-])c2cn(C)cn2)c2cc(C(N)=O)c(OC(C)C)cc12. The largest absolute Gasteiger partial charge is 0.587 e. The number of benzene rings is 1. The Morgan fingerprint density at radius 2 is 2.14 bits per heavy atom. The molecule has 1 aromatic carbocycles. The zero-order valence-corrected chi connectivity index (χ0v) is 21.4. The molecule has 3 atom stereocenters. The van der Waals surface area contributed by atoms with Crippen molar-refractivity contribution in [3.05, 3.63) is 36.4 Å². The lowest BCUT2D eigenvalue weighted by molar-refractivity contribution is -0.119. The Balaban J connectivity index is 1.74. The third-order valence-corrected chi connectivity index (χ3v) is 6.94. The predicted octanol–water partition coefficient (Wildman–Crippen LogP) is 2.28. The molecule has 4 N–H and O–H groups in total. The topological polar surface area (TPSA) is 156 Å². The van der Waals surface area contributed by atoms with E-state index in [1.807, 2.05) is 20.8 Å². The number of nitrogens with two attached hydrogens (primary N) is 1. The maximum atomic E-state index is 12.9. The number of hydrogen-bond donors (Lipinski definition) is 3. The zero-order valence-electron chi connectivity index (χ0n) is 20.6. The standard InChI is InChI=1S/C24H30N6O5S/c1-5-14-6-21(31)28-19(14)11-34-24-16-8-20(35-13(2)3)17(23(25)32)7-15(16)18(9-26-24)29-36(33)22-10-30(4)12-27-22/h7-10,12-14,19,29H,5-6,11H2,1-4H3,(H2,25,32)(H,28,31)/t14-,19?,36?/m1/s1. The van der Waals surface area contributed by atoms with E-state index in [-0.39, 0.29) is 36.1 Å². The van der Waals surface area contributed by atoms with Gasteiger partial charge in [-0.15, -0.1) is 0 Å². The van der Waals surface area contributed by atoms with E-state index in [2.05, 4.69) is 20.0 Å². The third kappa shape index (κ3) is 5.49. The molecule has 0 radical (unpaired) electrons. The highest BCUT2D eigenvalue weighted by molar-refractivity contribution is 7.92. The van der Waals surface area contributed by atoms with Gasteiger partial charge in [0.15, 0.2) is 0 Å². The number of carbonyl (C=O) groups is 2. The Bertz CT molecular complexity index is 1280. The molecule has 1 saturated heterocycles. The molecule has 0 spiro atoms. The molecule has 0 aliphatic carbocycles. The van der Waals surface area contributed by atoms with Crippen molar-refractivity contribution >= 4 is 39.6 Å². The number of ether oxygens (including phenoxy) is 2. The maximum absolute atomic E-state index is 12.9. The summed E-state index contributed by atoms with van der Waals surface area (Å²) in [6, 6.07) is 3.09. The Hall–Kier alpha value is -3.51. The van der Waals surface area contributed by atoms with Gasteiger partial charge in [0.2, 0.25) is 11.8 Å². The molecule has 3 aromatic rings. The first-order valence-electron chi connectivity index (χ1n) is 11.7. The first-order chi connectivity index (χ1) is 17.2. The second-order valence-corrected chi connectivity index (χ2v) is 10.2. The van der Waals surface area contributed by atoms with Crippen LogP contribution in [0.15, 0.2) is 35.9 Å². The summed E-state index contributed by atoms with van der Waals surface area (Å²) in [5.74, 6) is 0.0958. The summed E-state index contributed by atoms with van der Waals surface area (Å²) in [4.78, 5) is 32.7. The number of fused-ring (bicyclic) bond motifs is 1. The van der Waals surface area contributed by atoms with Gasteiger partial charge >= 0.3 is 0 Å². The highest BCUT2D eigenvalue weighted by Crippen LogP contribution is 2.36. The highest BCUT2D eigenvalue weighted by atomic mass is 32.2. The van der Waals surface area contributed by atoms with Crippen LogP contribution < -0.4 is 25.2 Å². The number of nitrogens with zero attached hydrogens (tertiary/aromatic N) is 3. The predicted molar refractivity (Wildman–Crippen MR) is 135 cm³/mol. The Morgan fingerprint density at radius 1 is 1.36 bits per heavy atom. The van der Waals surface area contributed by atoms with Gasteiger partial charge in [-0.1, -0.05) is 13.3 Å². The third-order valence-electron chi connectivity index (χ3n) is 5.94. The van der Waals surface area contributed by atoms with Gasteiger partial charge in [0, 0.05) is 24.2 Å². The highest BCUT2D eigenvalue weighted by Gasteiger charge is 2.32. The number of carbonyl (C=O) groups excluding carboxylic acids is 2. The van der Waals surface area contributed by atoms with Crippen LogP contribution in [-0.4, -0.2) is 49.7 Å². The van der Waals surface area contributed by atoms with E-state index < -0.39 is 17.3 Å². The molecule has 0 saturated carbocycles. The fourth-order valence-corrected chi connectivity index (χ4v) is 5.03. The second-order valence-electron chi connectivity index (χ2n) is 9.01. The zero-order chi connectivity index (χ0) is 26.0. The lowest BCUT2D eigenvalue weighted by Gasteiger charge is -2.20. The van der Waals surface area contributed by atoms with Crippen molar-refractivity contribution in [2.24, 2.45) is 18.7 Å². The molecule has 192 valence electrons. The summed E-state index contributed by atoms with van der Waals surface area (Å²) in [6.45, 7) is 5.95. The molecule has 2 aromatic heterocycles. The summed E-state index contributed by atoms with van der Waals surface area (Å²) in [7, 11) is 1.78. The van der Waals surface area contributed by atoms with E-state index in [1.165, 1.54) is 6.20 Å². The Morgan fingerprint density at radius 3 is 2.78 bits per heavy atom. The van der Waals surface area contributed by atoms with Crippen molar-refractivity contribution in [2.75, 3.05) is 11.3 Å². The van der Waals surface area contributed by atoms with E-state index in [0.717, 1.165) is 6.42 Å². The van der Waals surface area contributed by atoms with E-state index in [0.29, 0.717) is 39.5 Å². The Kier molecular flexibility index (Phi) is 7.55. The smallest absolute Gasteiger partial charge is 0.289 e. The summed E-state index contributed by atoms with van der Waals surface area (Å²) in [5.41, 5.74) is 6.23. The molecule has 11 nitrogen and oxygen atoms in total. The molecule has 1 aliphatic heterocycles. The van der Waals surface area contributed by atoms with Crippen LogP contribution in [0.1, 0.15) is 44.0 Å². The maximum Gasteiger partial charge on any atom is 0.289 e. The van der Waals surface area contributed by atoms with Gasteiger partial charge in [-0.2, -0.15) is 9.71 Å². The first-order valence-corrected chi connectivity index (χ1v) is 12.8. The lowest BCUT2D eigenvalue weighted by Crippen LogP contribution is -2.34. The number of primary amides is 1. The van der Waals surface area contributed by atoms with E-state index in [4.69, 9.17) is 15.2 Å². The number of aromatic nitrogens is 3. The minimum Gasteiger partial charge on any atom is -0.587 e. The van der Waals surface area contributed by atoms with Gasteiger partial charge in [0.25, 0.3) is 10.9 Å². The summed E-state index contributed by atoms with van der Waals surface area (Å²) in [5, 5.41) is 4.35. The van der Waals surface area contributed by atoms with Crippen molar-refractivity contribution in [3.63, 3.8) is 0 Å². The Labute approximate surface area is 212 Å². The van der Waals surface area contributed by atoms with Gasteiger partial charge in [0.1, 0.15) is 29.4 Å². The first kappa shape index (κ1) is 25.6. The minimum absolute atomic E-state index is 0.00327. The van der Waals surface area contributed by atoms with E-state index >= 15 is 0 Å². The van der Waals surface area contributed by atoms with E-state index in [1.54, 1.807) is 36.3 Å². The number of anilines is 1. The lowest BCUT2D eigenvalue weighted by atomic mass is 9.98. The number of imidazole rings is 1. The van der Waals surface area contributed by atoms with Gasteiger partial charge in [-0.3, -0.25) is 9.59 Å². The molecule has 1 aliphatic rings. The molecule has 36 heavy (non-hydrogen) atoms. The van der Waals surface area contributed by atoms with Crippen LogP contribution in [0.25, 0.3) is 10.8 Å².